The molecule has 0 aliphatic carbocycles. The van der Waals surface area contributed by atoms with Crippen LogP contribution >= 0.6 is 11.8 Å². The summed E-state index contributed by atoms with van der Waals surface area (Å²) < 4.78 is 27.9. The Balaban J connectivity index is 1.68. The number of para-hydroxylation sites is 1. The zero-order valence-electron chi connectivity index (χ0n) is 11.7. The third-order valence-corrected chi connectivity index (χ3v) is 6.37. The number of thioether (sulfide) groups is 1. The molecule has 2 aliphatic heterocycles. The van der Waals surface area contributed by atoms with Crippen molar-refractivity contribution in [2.24, 2.45) is 0 Å². The van der Waals surface area contributed by atoms with Crippen LogP contribution in [0.3, 0.4) is 0 Å². The van der Waals surface area contributed by atoms with Gasteiger partial charge in [-0.1, -0.05) is 12.1 Å². The Hall–Kier alpha value is -1.54. The van der Waals surface area contributed by atoms with E-state index in [1.807, 2.05) is 12.1 Å². The van der Waals surface area contributed by atoms with Gasteiger partial charge >= 0.3 is 5.97 Å². The first-order chi connectivity index (χ1) is 10.4. The Morgan fingerprint density at radius 2 is 2.14 bits per heavy atom. The maximum Gasteiger partial charge on any atom is 0.326 e. The van der Waals surface area contributed by atoms with Crippen molar-refractivity contribution in [3.63, 3.8) is 0 Å². The summed E-state index contributed by atoms with van der Waals surface area (Å²) in [4.78, 5) is 26.4. The average Bonchev–Trinajstić information content (AvgIpc) is 2.81. The highest BCUT2D eigenvalue weighted by molar-refractivity contribution is 8.00. The molecule has 0 aromatic heterocycles. The Labute approximate surface area is 132 Å². The van der Waals surface area contributed by atoms with E-state index in [2.05, 4.69) is 0 Å². The maximum atomic E-state index is 12.0. The molecule has 1 aromatic carbocycles. The third kappa shape index (κ3) is 3.27. The van der Waals surface area contributed by atoms with Crippen molar-refractivity contribution in [1.29, 1.82) is 0 Å². The Morgan fingerprint density at radius 1 is 1.36 bits per heavy atom. The summed E-state index contributed by atoms with van der Waals surface area (Å²) in [6.07, 6.45) is -0.268. The fourth-order valence-electron chi connectivity index (χ4n) is 2.53. The standard InChI is InChI=1S/C14H15NO5S2/c16-13-8-21-12-4-2-1-3-11(12)15(13)7-14(17)20-10-5-6-22(18,19)9-10/h1-4,10H,5-9H2/t10-/m0/s1. The molecule has 0 radical (unpaired) electrons. The van der Waals surface area contributed by atoms with Crippen LogP contribution in [0.1, 0.15) is 6.42 Å². The van der Waals surface area contributed by atoms with Crippen LogP contribution in [-0.2, 0) is 24.2 Å². The lowest BCUT2D eigenvalue weighted by Crippen LogP contribution is -2.40. The fourth-order valence-corrected chi connectivity index (χ4v) is 5.06. The monoisotopic (exact) mass is 341 g/mol. The van der Waals surface area contributed by atoms with Crippen LogP contribution in [-0.4, -0.2) is 50.2 Å². The van der Waals surface area contributed by atoms with Gasteiger partial charge in [-0.3, -0.25) is 14.5 Å². The SMILES string of the molecule is O=C(CN1C(=O)CSc2ccccc21)O[C@H]1CCS(=O)(=O)C1. The van der Waals surface area contributed by atoms with Gasteiger partial charge in [0.15, 0.2) is 9.84 Å². The fraction of sp³-hybridized carbons (Fsp3) is 0.429. The topological polar surface area (TPSA) is 80.8 Å². The Kier molecular flexibility index (Phi) is 4.14. The van der Waals surface area contributed by atoms with E-state index in [1.54, 1.807) is 12.1 Å². The third-order valence-electron chi connectivity index (χ3n) is 3.58. The summed E-state index contributed by atoms with van der Waals surface area (Å²) in [5.41, 5.74) is 0.694. The van der Waals surface area contributed by atoms with Crippen molar-refractivity contribution in [1.82, 2.24) is 0 Å². The van der Waals surface area contributed by atoms with Crippen LogP contribution in [0.5, 0.6) is 0 Å². The number of hydrogen-bond donors (Lipinski definition) is 0. The molecule has 1 atom stereocenters. The molecule has 0 spiro atoms. The van der Waals surface area contributed by atoms with Crippen LogP contribution < -0.4 is 4.90 Å². The molecule has 6 nitrogen and oxygen atoms in total. The summed E-state index contributed by atoms with van der Waals surface area (Å²) in [5.74, 6) is -0.522. The van der Waals surface area contributed by atoms with Crippen molar-refractivity contribution in [3.8, 4) is 0 Å². The number of anilines is 1. The van der Waals surface area contributed by atoms with Gasteiger partial charge in [0.2, 0.25) is 5.91 Å². The van der Waals surface area contributed by atoms with E-state index in [0.29, 0.717) is 12.1 Å². The highest BCUT2D eigenvalue weighted by atomic mass is 32.2. The molecular weight excluding hydrogens is 326 g/mol. The van der Waals surface area contributed by atoms with Crippen molar-refractivity contribution >= 4 is 39.2 Å². The highest BCUT2D eigenvalue weighted by Crippen LogP contribution is 2.34. The second kappa shape index (κ2) is 5.92. The van der Waals surface area contributed by atoms with E-state index in [0.717, 1.165) is 4.90 Å². The predicted molar refractivity (Wildman–Crippen MR) is 82.7 cm³/mol. The molecule has 1 amide bonds. The predicted octanol–water partition coefficient (Wildman–Crippen LogP) is 0.856. The molecule has 2 aliphatic rings. The lowest BCUT2D eigenvalue weighted by atomic mass is 10.2. The quantitative estimate of drug-likeness (QED) is 0.759. The number of carbonyl (C=O) groups excluding carboxylic acids is 2. The molecule has 1 fully saturated rings. The number of esters is 1. The number of rotatable bonds is 3. The number of carbonyl (C=O) groups is 2. The average molecular weight is 341 g/mol. The second-order valence-electron chi connectivity index (χ2n) is 5.25. The first kappa shape index (κ1) is 15.4. The molecule has 1 saturated heterocycles. The summed E-state index contributed by atoms with van der Waals surface area (Å²) in [6, 6.07) is 7.36. The van der Waals surface area contributed by atoms with Crippen molar-refractivity contribution in [2.45, 2.75) is 17.4 Å². The summed E-state index contributed by atoms with van der Waals surface area (Å²) >= 11 is 1.44. The zero-order valence-corrected chi connectivity index (χ0v) is 13.4. The van der Waals surface area contributed by atoms with Crippen LogP contribution in [0.25, 0.3) is 0 Å². The molecule has 0 saturated carbocycles. The molecule has 0 N–H and O–H groups in total. The van der Waals surface area contributed by atoms with Gasteiger partial charge < -0.3 is 4.74 Å². The van der Waals surface area contributed by atoms with Crippen molar-refractivity contribution in [3.05, 3.63) is 24.3 Å². The minimum Gasteiger partial charge on any atom is -0.460 e. The summed E-state index contributed by atoms with van der Waals surface area (Å²) in [6.45, 7) is -0.188. The lowest BCUT2D eigenvalue weighted by Gasteiger charge is -2.28. The molecule has 0 unspecified atom stereocenters. The van der Waals surface area contributed by atoms with Gasteiger partial charge in [0.05, 0.1) is 22.9 Å². The van der Waals surface area contributed by atoms with E-state index in [-0.39, 0.29) is 29.7 Å². The first-order valence-electron chi connectivity index (χ1n) is 6.87. The number of hydrogen-bond acceptors (Lipinski definition) is 6. The van der Waals surface area contributed by atoms with Crippen LogP contribution in [0.2, 0.25) is 0 Å². The van der Waals surface area contributed by atoms with Gasteiger partial charge in [-0.15, -0.1) is 11.8 Å². The largest absolute Gasteiger partial charge is 0.460 e. The molecule has 22 heavy (non-hydrogen) atoms. The Morgan fingerprint density at radius 3 is 2.86 bits per heavy atom. The number of benzene rings is 1. The van der Waals surface area contributed by atoms with Crippen molar-refractivity contribution in [2.75, 3.05) is 28.7 Å². The van der Waals surface area contributed by atoms with Gasteiger partial charge in [-0.05, 0) is 18.6 Å². The number of sulfone groups is 1. The smallest absolute Gasteiger partial charge is 0.326 e. The summed E-state index contributed by atoms with van der Waals surface area (Å²) in [7, 11) is -3.09. The molecule has 0 bridgehead atoms. The molecule has 2 heterocycles. The normalized spacial score (nSPS) is 23.2. The molecular formula is C14H15NO5S2. The molecule has 8 heteroatoms. The van der Waals surface area contributed by atoms with E-state index in [4.69, 9.17) is 4.74 Å². The number of fused-ring (bicyclic) bond motifs is 1. The number of amides is 1. The number of nitrogens with zero attached hydrogens (tertiary/aromatic N) is 1. The van der Waals surface area contributed by atoms with Crippen LogP contribution in [0.15, 0.2) is 29.2 Å². The van der Waals surface area contributed by atoms with Gasteiger partial charge in [0.1, 0.15) is 12.6 Å². The molecule has 1 aromatic rings. The first-order valence-corrected chi connectivity index (χ1v) is 9.67. The van der Waals surface area contributed by atoms with Gasteiger partial charge in [-0.2, -0.15) is 0 Å². The van der Waals surface area contributed by atoms with Crippen molar-refractivity contribution < 1.29 is 22.7 Å². The van der Waals surface area contributed by atoms with E-state index in [1.165, 1.54) is 16.7 Å². The van der Waals surface area contributed by atoms with Gasteiger partial charge in [-0.25, -0.2) is 8.42 Å². The van der Waals surface area contributed by atoms with Crippen LogP contribution in [0, 0.1) is 0 Å². The lowest BCUT2D eigenvalue weighted by molar-refractivity contribution is -0.146. The zero-order chi connectivity index (χ0) is 15.7. The minimum absolute atomic E-state index is 0.0487. The van der Waals surface area contributed by atoms with E-state index >= 15 is 0 Å². The van der Waals surface area contributed by atoms with Gasteiger partial charge in [0, 0.05) is 4.90 Å². The van der Waals surface area contributed by atoms with E-state index < -0.39 is 21.9 Å². The minimum atomic E-state index is -3.09. The molecule has 118 valence electrons. The highest BCUT2D eigenvalue weighted by Gasteiger charge is 2.32. The maximum absolute atomic E-state index is 12.0. The van der Waals surface area contributed by atoms with Crippen LogP contribution in [0.4, 0.5) is 5.69 Å². The Bertz CT molecular complexity index is 716. The molecule has 3 rings (SSSR count). The summed E-state index contributed by atoms with van der Waals surface area (Å²) in [5, 5.41) is 0. The number of ether oxygens (including phenoxy) is 1. The van der Waals surface area contributed by atoms with E-state index in [9.17, 15) is 18.0 Å². The second-order valence-corrected chi connectivity index (χ2v) is 8.50. The van der Waals surface area contributed by atoms with Gasteiger partial charge in [0.25, 0.3) is 0 Å².